The highest BCUT2D eigenvalue weighted by Crippen LogP contribution is 2.24. The van der Waals surface area contributed by atoms with Crippen molar-refractivity contribution in [2.24, 2.45) is 5.14 Å². The average molecular weight is 405 g/mol. The molecule has 0 heterocycles. The minimum Gasteiger partial charge on any atom is -0.465 e. The highest BCUT2D eigenvalue weighted by molar-refractivity contribution is 7.93. The Morgan fingerprint density at radius 2 is 1.72 bits per heavy atom. The number of halogens is 1. The molecule has 2 rings (SSSR count). The summed E-state index contributed by atoms with van der Waals surface area (Å²) in [4.78, 5) is 11.0. The van der Waals surface area contributed by atoms with Crippen LogP contribution in [0, 0.1) is 0 Å². The van der Waals surface area contributed by atoms with Crippen LogP contribution in [0.2, 0.25) is 5.02 Å². The van der Waals surface area contributed by atoms with Crippen molar-refractivity contribution >= 4 is 43.3 Å². The average Bonchev–Trinajstić information content (AvgIpc) is 2.55. The zero-order valence-corrected chi connectivity index (χ0v) is 15.2. The topological polar surface area (TPSA) is 133 Å². The summed E-state index contributed by atoms with van der Waals surface area (Å²) in [5.41, 5.74) is 0.0217. The van der Waals surface area contributed by atoms with Crippen LogP contribution in [-0.4, -0.2) is 29.9 Å². The Labute approximate surface area is 149 Å². The molecule has 3 N–H and O–H groups in total. The standard InChI is InChI=1S/C14H13ClN2O6S2/c1-23-14(18)12-7-9(5-6-13(12)15)17-25(21,22)11-4-2-3-10(8-11)24(16,19)20/h2-8,17H,1H3,(H2,16,19,20). The number of ether oxygens (including phenoxy) is 1. The van der Waals surface area contributed by atoms with Crippen LogP contribution in [0.1, 0.15) is 10.4 Å². The van der Waals surface area contributed by atoms with Gasteiger partial charge in [0.05, 0.1) is 27.5 Å². The first kappa shape index (κ1) is 19.2. The number of primary sulfonamides is 1. The molecule has 134 valence electrons. The van der Waals surface area contributed by atoms with Gasteiger partial charge in [0.25, 0.3) is 10.0 Å². The van der Waals surface area contributed by atoms with Crippen molar-refractivity contribution in [2.75, 3.05) is 11.8 Å². The number of anilines is 1. The normalized spacial score (nSPS) is 11.8. The lowest BCUT2D eigenvalue weighted by Gasteiger charge is -2.11. The molecular weight excluding hydrogens is 392 g/mol. The molecule has 0 atom stereocenters. The van der Waals surface area contributed by atoms with E-state index in [2.05, 4.69) is 9.46 Å². The van der Waals surface area contributed by atoms with Crippen molar-refractivity contribution in [2.45, 2.75) is 9.79 Å². The molecule has 0 unspecified atom stereocenters. The molecule has 0 aliphatic heterocycles. The smallest absolute Gasteiger partial charge is 0.339 e. The second-order valence-corrected chi connectivity index (χ2v) is 8.46. The zero-order chi connectivity index (χ0) is 18.8. The van der Waals surface area contributed by atoms with Gasteiger partial charge in [-0.3, -0.25) is 4.72 Å². The number of methoxy groups -OCH3 is 1. The molecule has 0 aliphatic rings. The van der Waals surface area contributed by atoms with Crippen molar-refractivity contribution in [3.63, 3.8) is 0 Å². The molecule has 2 aromatic rings. The maximum Gasteiger partial charge on any atom is 0.339 e. The molecule has 0 saturated carbocycles. The third-order valence-corrected chi connectivity index (χ3v) is 5.69. The third kappa shape index (κ3) is 4.48. The van der Waals surface area contributed by atoms with E-state index in [1.165, 1.54) is 36.4 Å². The van der Waals surface area contributed by atoms with Crippen LogP contribution in [0.25, 0.3) is 0 Å². The predicted octanol–water partition coefficient (Wildman–Crippen LogP) is 1.57. The minimum atomic E-state index is -4.12. The van der Waals surface area contributed by atoms with E-state index >= 15 is 0 Å². The minimum absolute atomic E-state index is 0.0253. The molecule has 0 fully saturated rings. The third-order valence-electron chi connectivity index (χ3n) is 3.07. The van der Waals surface area contributed by atoms with Crippen LogP contribution in [0.5, 0.6) is 0 Å². The quantitative estimate of drug-likeness (QED) is 0.727. The summed E-state index contributed by atoms with van der Waals surface area (Å²) in [6.07, 6.45) is 0. The van der Waals surface area contributed by atoms with Crippen LogP contribution in [0.15, 0.2) is 52.3 Å². The van der Waals surface area contributed by atoms with Gasteiger partial charge in [-0.1, -0.05) is 17.7 Å². The number of hydrogen-bond donors (Lipinski definition) is 2. The number of nitrogens with one attached hydrogen (secondary N) is 1. The Balaban J connectivity index is 2.42. The van der Waals surface area contributed by atoms with Crippen LogP contribution in [-0.2, 0) is 24.8 Å². The molecule has 0 aliphatic carbocycles. The monoisotopic (exact) mass is 404 g/mol. The fourth-order valence-electron chi connectivity index (χ4n) is 1.89. The number of carbonyl (C=O) groups excluding carboxylic acids is 1. The van der Waals surface area contributed by atoms with Crippen LogP contribution in [0.4, 0.5) is 5.69 Å². The zero-order valence-electron chi connectivity index (χ0n) is 12.8. The van der Waals surface area contributed by atoms with E-state index in [1.54, 1.807) is 0 Å². The van der Waals surface area contributed by atoms with E-state index in [-0.39, 0.29) is 26.1 Å². The lowest BCUT2D eigenvalue weighted by atomic mass is 10.2. The van der Waals surface area contributed by atoms with Crippen LogP contribution in [0.3, 0.4) is 0 Å². The van der Waals surface area contributed by atoms with Gasteiger partial charge in [-0.15, -0.1) is 0 Å². The van der Waals surface area contributed by atoms with Crippen molar-refractivity contribution < 1.29 is 26.4 Å². The number of benzene rings is 2. The number of esters is 1. The van der Waals surface area contributed by atoms with E-state index in [0.717, 1.165) is 13.2 Å². The van der Waals surface area contributed by atoms with E-state index < -0.39 is 26.0 Å². The molecule has 2 aromatic carbocycles. The Bertz CT molecular complexity index is 1040. The summed E-state index contributed by atoms with van der Waals surface area (Å²) in [5.74, 6) is -0.734. The maximum absolute atomic E-state index is 12.4. The largest absolute Gasteiger partial charge is 0.465 e. The van der Waals surface area contributed by atoms with Gasteiger partial charge in [-0.2, -0.15) is 0 Å². The SMILES string of the molecule is COC(=O)c1cc(NS(=O)(=O)c2cccc(S(N)(=O)=O)c2)ccc1Cl. The Kier molecular flexibility index (Phi) is 5.37. The number of sulfonamides is 2. The van der Waals surface area contributed by atoms with Gasteiger partial charge in [0, 0.05) is 5.69 Å². The van der Waals surface area contributed by atoms with Crippen molar-refractivity contribution in [1.82, 2.24) is 0 Å². The van der Waals surface area contributed by atoms with Gasteiger partial charge < -0.3 is 4.74 Å². The maximum atomic E-state index is 12.4. The first-order chi connectivity index (χ1) is 11.5. The highest BCUT2D eigenvalue weighted by Gasteiger charge is 2.19. The summed E-state index contributed by atoms with van der Waals surface area (Å²) in [6.45, 7) is 0. The Morgan fingerprint density at radius 3 is 2.32 bits per heavy atom. The second kappa shape index (κ2) is 7.00. The number of rotatable bonds is 5. The molecule has 25 heavy (non-hydrogen) atoms. The highest BCUT2D eigenvalue weighted by atomic mass is 35.5. The summed E-state index contributed by atoms with van der Waals surface area (Å²) in [5, 5.41) is 5.09. The van der Waals surface area contributed by atoms with Gasteiger partial charge >= 0.3 is 5.97 Å². The molecule has 0 amide bonds. The fourth-order valence-corrected chi connectivity index (χ4v) is 3.81. The number of carbonyl (C=O) groups is 1. The second-order valence-electron chi connectivity index (χ2n) is 4.81. The first-order valence-corrected chi connectivity index (χ1v) is 9.99. The summed E-state index contributed by atoms with van der Waals surface area (Å²) < 4.78 is 54.3. The molecule has 0 saturated heterocycles. The van der Waals surface area contributed by atoms with Crippen LogP contribution < -0.4 is 9.86 Å². The van der Waals surface area contributed by atoms with Gasteiger partial charge in [0.2, 0.25) is 10.0 Å². The lowest BCUT2D eigenvalue weighted by molar-refractivity contribution is 0.0601. The number of hydrogen-bond acceptors (Lipinski definition) is 6. The Hall–Kier alpha value is -2.14. The predicted molar refractivity (Wildman–Crippen MR) is 91.4 cm³/mol. The molecule has 0 radical (unpaired) electrons. The van der Waals surface area contributed by atoms with Crippen molar-refractivity contribution in [1.29, 1.82) is 0 Å². The van der Waals surface area contributed by atoms with Gasteiger partial charge in [0.15, 0.2) is 0 Å². The van der Waals surface area contributed by atoms with Gasteiger partial charge in [-0.25, -0.2) is 26.8 Å². The molecule has 0 aromatic heterocycles. The molecule has 8 nitrogen and oxygen atoms in total. The van der Waals surface area contributed by atoms with Crippen molar-refractivity contribution in [3.05, 3.63) is 53.1 Å². The number of nitrogens with two attached hydrogens (primary N) is 1. The lowest BCUT2D eigenvalue weighted by Crippen LogP contribution is -2.16. The summed E-state index contributed by atoms with van der Waals surface area (Å²) in [6, 6.07) is 8.42. The Morgan fingerprint density at radius 1 is 1.08 bits per heavy atom. The molecule has 0 spiro atoms. The molecule has 0 bridgehead atoms. The first-order valence-electron chi connectivity index (χ1n) is 6.58. The van der Waals surface area contributed by atoms with Gasteiger partial charge in [0.1, 0.15) is 0 Å². The van der Waals surface area contributed by atoms with E-state index in [9.17, 15) is 21.6 Å². The molecular formula is C14H13ClN2O6S2. The van der Waals surface area contributed by atoms with Crippen LogP contribution >= 0.6 is 11.6 Å². The van der Waals surface area contributed by atoms with Crippen molar-refractivity contribution in [3.8, 4) is 0 Å². The fraction of sp³-hybridized carbons (Fsp3) is 0.0714. The summed E-state index contributed by atoms with van der Waals surface area (Å²) in [7, 11) is -7.02. The van der Waals surface area contributed by atoms with E-state index in [1.807, 2.05) is 0 Å². The van der Waals surface area contributed by atoms with Gasteiger partial charge in [-0.05, 0) is 36.4 Å². The van der Waals surface area contributed by atoms with E-state index in [4.69, 9.17) is 16.7 Å². The molecule has 11 heteroatoms. The summed E-state index contributed by atoms with van der Waals surface area (Å²) >= 11 is 5.87. The van der Waals surface area contributed by atoms with E-state index in [0.29, 0.717) is 0 Å².